The quantitative estimate of drug-likeness (QED) is 0.704. The van der Waals surface area contributed by atoms with Gasteiger partial charge in [0.2, 0.25) is 0 Å². The van der Waals surface area contributed by atoms with E-state index in [1.807, 2.05) is 11.9 Å². The summed E-state index contributed by atoms with van der Waals surface area (Å²) in [6, 6.07) is 21.8. The molecular formula is C17H21NS. The Balaban J connectivity index is 1.93. The minimum absolute atomic E-state index is 0.536. The van der Waals surface area contributed by atoms with Gasteiger partial charge in [0.15, 0.2) is 0 Å². The first-order chi connectivity index (χ1) is 9.25. The average Bonchev–Trinajstić information content (AvgIpc) is 2.45. The highest BCUT2D eigenvalue weighted by atomic mass is 32.2. The summed E-state index contributed by atoms with van der Waals surface area (Å²) < 4.78 is 2.45. The van der Waals surface area contributed by atoms with E-state index < -0.39 is 0 Å². The van der Waals surface area contributed by atoms with Crippen LogP contribution in [-0.2, 0) is 6.42 Å². The molecule has 2 rings (SSSR count). The van der Waals surface area contributed by atoms with Gasteiger partial charge in [-0.3, -0.25) is 0 Å². The van der Waals surface area contributed by atoms with Crippen LogP contribution in [0.5, 0.6) is 0 Å². The summed E-state index contributed by atoms with van der Waals surface area (Å²) >= 11 is 1.85. The number of rotatable bonds is 6. The third-order valence-corrected chi connectivity index (χ3v) is 4.33. The molecule has 0 heterocycles. The van der Waals surface area contributed by atoms with E-state index in [1.54, 1.807) is 0 Å². The molecule has 0 N–H and O–H groups in total. The van der Waals surface area contributed by atoms with Gasteiger partial charge in [-0.15, -0.1) is 0 Å². The van der Waals surface area contributed by atoms with Crippen LogP contribution in [0.2, 0.25) is 0 Å². The van der Waals surface area contributed by atoms with Crippen LogP contribution >= 0.6 is 11.9 Å². The molecule has 0 saturated heterocycles. The second-order valence-corrected chi connectivity index (χ2v) is 6.00. The summed E-state index contributed by atoms with van der Waals surface area (Å²) in [7, 11) is 0. The fraction of sp³-hybridized carbons (Fsp3) is 0.294. The van der Waals surface area contributed by atoms with Gasteiger partial charge in [0.1, 0.15) is 0 Å². The van der Waals surface area contributed by atoms with E-state index in [0.29, 0.717) is 6.04 Å². The molecule has 0 bridgehead atoms. The number of hydrogen-bond donors (Lipinski definition) is 0. The average molecular weight is 271 g/mol. The van der Waals surface area contributed by atoms with Gasteiger partial charge in [0.05, 0.1) is 0 Å². The van der Waals surface area contributed by atoms with E-state index in [9.17, 15) is 0 Å². The third kappa shape index (κ3) is 4.73. The van der Waals surface area contributed by atoms with Crippen molar-refractivity contribution in [2.24, 2.45) is 0 Å². The Bertz CT molecular complexity index is 467. The molecule has 0 amide bonds. The van der Waals surface area contributed by atoms with Crippen molar-refractivity contribution in [3.8, 4) is 0 Å². The Hall–Kier alpha value is -1.25. The predicted octanol–water partition coefficient (Wildman–Crippen LogP) is 4.65. The zero-order chi connectivity index (χ0) is 13.5. The smallest absolute Gasteiger partial charge is 0.0230 e. The van der Waals surface area contributed by atoms with Crippen molar-refractivity contribution in [1.29, 1.82) is 0 Å². The summed E-state index contributed by atoms with van der Waals surface area (Å²) in [6.45, 7) is 5.57. The van der Waals surface area contributed by atoms with Crippen LogP contribution in [0.3, 0.4) is 0 Å². The maximum absolute atomic E-state index is 2.45. The SMILES string of the molecule is CC(C)N(CCc1ccccc1)Sc1ccccc1. The fourth-order valence-electron chi connectivity index (χ4n) is 1.91. The number of hydrogen-bond acceptors (Lipinski definition) is 2. The zero-order valence-electron chi connectivity index (χ0n) is 11.6. The van der Waals surface area contributed by atoms with Crippen LogP contribution in [0.4, 0.5) is 0 Å². The zero-order valence-corrected chi connectivity index (χ0v) is 12.4. The van der Waals surface area contributed by atoms with E-state index in [2.05, 4.69) is 78.8 Å². The summed E-state index contributed by atoms with van der Waals surface area (Å²) in [5.41, 5.74) is 1.40. The molecule has 0 aliphatic carbocycles. The van der Waals surface area contributed by atoms with E-state index in [4.69, 9.17) is 0 Å². The molecule has 0 radical (unpaired) electrons. The molecule has 2 aromatic carbocycles. The maximum Gasteiger partial charge on any atom is 0.0230 e. The molecule has 2 heteroatoms. The maximum atomic E-state index is 2.45. The van der Waals surface area contributed by atoms with Gasteiger partial charge in [-0.2, -0.15) is 0 Å². The van der Waals surface area contributed by atoms with Crippen LogP contribution < -0.4 is 0 Å². The fourth-order valence-corrected chi connectivity index (χ4v) is 2.85. The lowest BCUT2D eigenvalue weighted by atomic mass is 10.1. The highest BCUT2D eigenvalue weighted by Gasteiger charge is 2.11. The molecule has 0 aromatic heterocycles. The second kappa shape index (κ2) is 7.37. The van der Waals surface area contributed by atoms with Crippen LogP contribution in [0, 0.1) is 0 Å². The van der Waals surface area contributed by atoms with Crippen molar-refractivity contribution < 1.29 is 0 Å². The van der Waals surface area contributed by atoms with Crippen LogP contribution in [0.1, 0.15) is 19.4 Å². The first-order valence-electron chi connectivity index (χ1n) is 6.79. The van der Waals surface area contributed by atoms with Crippen molar-refractivity contribution in [3.05, 3.63) is 66.2 Å². The van der Waals surface area contributed by atoms with Crippen molar-refractivity contribution in [2.75, 3.05) is 6.54 Å². The van der Waals surface area contributed by atoms with Crippen molar-refractivity contribution in [1.82, 2.24) is 4.31 Å². The molecule has 0 unspecified atom stereocenters. The van der Waals surface area contributed by atoms with Gasteiger partial charge >= 0.3 is 0 Å². The molecule has 0 spiro atoms. The lowest BCUT2D eigenvalue weighted by Gasteiger charge is -2.25. The monoisotopic (exact) mass is 271 g/mol. The van der Waals surface area contributed by atoms with Gasteiger partial charge in [0.25, 0.3) is 0 Å². The Morgan fingerprint density at radius 1 is 0.895 bits per heavy atom. The standard InChI is InChI=1S/C17H21NS/c1-15(2)18(19-17-11-7-4-8-12-17)14-13-16-9-5-3-6-10-16/h3-12,15H,13-14H2,1-2H3. The highest BCUT2D eigenvalue weighted by molar-refractivity contribution is 7.97. The summed E-state index contributed by atoms with van der Waals surface area (Å²) in [6.07, 6.45) is 1.10. The third-order valence-electron chi connectivity index (χ3n) is 3.01. The molecule has 19 heavy (non-hydrogen) atoms. The molecule has 0 aliphatic rings. The molecule has 0 atom stereocenters. The molecule has 0 aliphatic heterocycles. The van der Waals surface area contributed by atoms with Crippen LogP contribution in [0.15, 0.2) is 65.6 Å². The van der Waals surface area contributed by atoms with Gasteiger partial charge in [-0.25, -0.2) is 4.31 Å². The van der Waals surface area contributed by atoms with E-state index in [1.165, 1.54) is 10.5 Å². The highest BCUT2D eigenvalue weighted by Crippen LogP contribution is 2.24. The topological polar surface area (TPSA) is 3.24 Å². The molecular weight excluding hydrogens is 250 g/mol. The summed E-state index contributed by atoms with van der Waals surface area (Å²) in [5.74, 6) is 0. The lowest BCUT2D eigenvalue weighted by Crippen LogP contribution is -2.26. The second-order valence-electron chi connectivity index (χ2n) is 4.87. The van der Waals surface area contributed by atoms with E-state index in [-0.39, 0.29) is 0 Å². The van der Waals surface area contributed by atoms with Gasteiger partial charge in [-0.1, -0.05) is 48.5 Å². The molecule has 1 nitrogen and oxygen atoms in total. The first-order valence-corrected chi connectivity index (χ1v) is 7.56. The minimum Gasteiger partial charge on any atom is -0.244 e. The Morgan fingerprint density at radius 2 is 1.47 bits per heavy atom. The Kier molecular flexibility index (Phi) is 5.49. The number of benzene rings is 2. The summed E-state index contributed by atoms with van der Waals surface area (Å²) in [5, 5.41) is 0. The van der Waals surface area contributed by atoms with Gasteiger partial charge in [0, 0.05) is 17.5 Å². The first kappa shape index (κ1) is 14.2. The van der Waals surface area contributed by atoms with Crippen molar-refractivity contribution in [3.63, 3.8) is 0 Å². The van der Waals surface area contributed by atoms with Crippen molar-refractivity contribution >= 4 is 11.9 Å². The van der Waals surface area contributed by atoms with E-state index >= 15 is 0 Å². The van der Waals surface area contributed by atoms with Gasteiger partial charge in [-0.05, 0) is 49.9 Å². The lowest BCUT2D eigenvalue weighted by molar-refractivity contribution is 0.400. The Morgan fingerprint density at radius 3 is 2.05 bits per heavy atom. The van der Waals surface area contributed by atoms with Crippen LogP contribution in [-0.4, -0.2) is 16.9 Å². The molecule has 0 saturated carbocycles. The van der Waals surface area contributed by atoms with Crippen LogP contribution in [0.25, 0.3) is 0 Å². The predicted molar refractivity (Wildman–Crippen MR) is 84.3 cm³/mol. The normalized spacial score (nSPS) is 11.2. The summed E-state index contributed by atoms with van der Waals surface area (Å²) in [4.78, 5) is 1.31. The molecule has 0 fully saturated rings. The number of nitrogens with zero attached hydrogens (tertiary/aromatic N) is 1. The molecule has 2 aromatic rings. The van der Waals surface area contributed by atoms with Gasteiger partial charge < -0.3 is 0 Å². The molecule has 100 valence electrons. The largest absolute Gasteiger partial charge is 0.244 e. The van der Waals surface area contributed by atoms with E-state index in [0.717, 1.165) is 13.0 Å². The minimum atomic E-state index is 0.536. The van der Waals surface area contributed by atoms with Crippen molar-refractivity contribution in [2.45, 2.75) is 31.2 Å². The Labute approximate surface area is 120 Å².